The highest BCUT2D eigenvalue weighted by molar-refractivity contribution is 5.31. The first-order valence-electron chi connectivity index (χ1n) is 6.38. The molecule has 0 saturated carbocycles. The molecule has 2 N–H and O–H groups in total. The number of pyridine rings is 1. The second kappa shape index (κ2) is 7.51. The van der Waals surface area contributed by atoms with Crippen LogP contribution in [0.1, 0.15) is 5.56 Å². The zero-order chi connectivity index (χ0) is 13.3. The van der Waals surface area contributed by atoms with E-state index in [0.29, 0.717) is 12.4 Å². The number of aliphatic hydroxyl groups is 1. The molecule has 0 radical (unpaired) electrons. The molecule has 0 fully saturated rings. The topological polar surface area (TPSA) is 54.4 Å². The van der Waals surface area contributed by atoms with Gasteiger partial charge in [0.05, 0.1) is 6.61 Å². The van der Waals surface area contributed by atoms with Gasteiger partial charge in [-0.2, -0.15) is 0 Å². The lowest BCUT2D eigenvalue weighted by Gasteiger charge is -2.07. The molecule has 1 heterocycles. The summed E-state index contributed by atoms with van der Waals surface area (Å²) in [4.78, 5) is 4.13. The second-order valence-corrected chi connectivity index (χ2v) is 4.14. The molecule has 0 atom stereocenters. The lowest BCUT2D eigenvalue weighted by molar-refractivity contribution is 0.293. The predicted molar refractivity (Wildman–Crippen MR) is 74.4 cm³/mol. The highest BCUT2D eigenvalue weighted by Crippen LogP contribution is 2.20. The average molecular weight is 258 g/mol. The average Bonchev–Trinajstić information content (AvgIpc) is 2.45. The Morgan fingerprint density at radius 1 is 1.11 bits per heavy atom. The zero-order valence-electron chi connectivity index (χ0n) is 10.7. The Balaban J connectivity index is 1.91. The van der Waals surface area contributed by atoms with Gasteiger partial charge >= 0.3 is 0 Å². The van der Waals surface area contributed by atoms with Gasteiger partial charge in [-0.25, -0.2) is 4.98 Å². The molecular formula is C15H18N2O2. The molecule has 0 bridgehead atoms. The Labute approximate surface area is 113 Å². The van der Waals surface area contributed by atoms with Crippen molar-refractivity contribution in [3.8, 4) is 11.6 Å². The number of ether oxygens (including phenoxy) is 1. The van der Waals surface area contributed by atoms with Gasteiger partial charge in [0.15, 0.2) is 0 Å². The van der Waals surface area contributed by atoms with Crippen molar-refractivity contribution in [3.63, 3.8) is 0 Å². The van der Waals surface area contributed by atoms with Crippen molar-refractivity contribution >= 4 is 0 Å². The van der Waals surface area contributed by atoms with Gasteiger partial charge in [0, 0.05) is 18.8 Å². The molecule has 0 aliphatic heterocycles. The lowest BCUT2D eigenvalue weighted by Crippen LogP contribution is -2.20. The van der Waals surface area contributed by atoms with Crippen LogP contribution in [0.5, 0.6) is 11.6 Å². The van der Waals surface area contributed by atoms with Gasteiger partial charge in [-0.3, -0.25) is 0 Å². The molecule has 2 aromatic rings. The summed E-state index contributed by atoms with van der Waals surface area (Å²) in [6.45, 7) is 1.64. The van der Waals surface area contributed by atoms with E-state index in [1.54, 1.807) is 6.20 Å². The first-order chi connectivity index (χ1) is 9.38. The third-order valence-electron chi connectivity index (χ3n) is 2.64. The molecule has 0 aliphatic carbocycles. The first-order valence-corrected chi connectivity index (χ1v) is 6.38. The van der Waals surface area contributed by atoms with Crippen molar-refractivity contribution < 1.29 is 9.84 Å². The minimum atomic E-state index is 0.169. The van der Waals surface area contributed by atoms with Crippen molar-refractivity contribution in [1.29, 1.82) is 0 Å². The van der Waals surface area contributed by atoms with Crippen LogP contribution in [0.2, 0.25) is 0 Å². The van der Waals surface area contributed by atoms with E-state index in [-0.39, 0.29) is 6.61 Å². The van der Waals surface area contributed by atoms with E-state index >= 15 is 0 Å². The highest BCUT2D eigenvalue weighted by Gasteiger charge is 1.99. The predicted octanol–water partition coefficient (Wildman–Crippen LogP) is 2.00. The number of benzene rings is 1. The quantitative estimate of drug-likeness (QED) is 0.746. The van der Waals surface area contributed by atoms with Crippen LogP contribution in [0, 0.1) is 0 Å². The Bertz CT molecular complexity index is 489. The first kappa shape index (κ1) is 13.5. The summed E-state index contributed by atoms with van der Waals surface area (Å²) in [5.74, 6) is 1.39. The van der Waals surface area contributed by atoms with Crippen molar-refractivity contribution in [2.24, 2.45) is 0 Å². The number of hydrogen-bond acceptors (Lipinski definition) is 4. The molecule has 0 amide bonds. The van der Waals surface area contributed by atoms with Crippen LogP contribution in [0.4, 0.5) is 0 Å². The number of rotatable bonds is 7. The normalized spacial score (nSPS) is 10.4. The minimum Gasteiger partial charge on any atom is -0.439 e. The molecule has 19 heavy (non-hydrogen) atoms. The zero-order valence-corrected chi connectivity index (χ0v) is 10.7. The van der Waals surface area contributed by atoms with E-state index in [1.165, 1.54) is 5.56 Å². The van der Waals surface area contributed by atoms with Gasteiger partial charge in [-0.05, 0) is 36.7 Å². The number of nitrogens with one attached hydrogen (secondary N) is 1. The molecule has 2 rings (SSSR count). The van der Waals surface area contributed by atoms with Gasteiger partial charge < -0.3 is 15.2 Å². The highest BCUT2D eigenvalue weighted by atomic mass is 16.5. The Kier molecular flexibility index (Phi) is 5.34. The maximum Gasteiger partial charge on any atom is 0.219 e. The summed E-state index contributed by atoms with van der Waals surface area (Å²) in [5, 5.41) is 11.8. The van der Waals surface area contributed by atoms with Crippen LogP contribution in [-0.2, 0) is 6.42 Å². The Morgan fingerprint density at radius 2 is 2.05 bits per heavy atom. The van der Waals surface area contributed by atoms with Crippen LogP contribution in [0.25, 0.3) is 0 Å². The van der Waals surface area contributed by atoms with Gasteiger partial charge in [0.1, 0.15) is 5.75 Å². The summed E-state index contributed by atoms with van der Waals surface area (Å²) < 4.78 is 5.67. The molecule has 0 unspecified atom stereocenters. The second-order valence-electron chi connectivity index (χ2n) is 4.14. The number of aromatic nitrogens is 1. The summed E-state index contributed by atoms with van der Waals surface area (Å²) in [6.07, 6.45) is 2.61. The minimum absolute atomic E-state index is 0.169. The summed E-state index contributed by atoms with van der Waals surface area (Å²) in [5.41, 5.74) is 1.19. The smallest absolute Gasteiger partial charge is 0.219 e. The molecule has 1 aromatic carbocycles. The van der Waals surface area contributed by atoms with Crippen LogP contribution in [0.3, 0.4) is 0 Å². The molecule has 4 heteroatoms. The largest absolute Gasteiger partial charge is 0.439 e. The van der Waals surface area contributed by atoms with Crippen LogP contribution < -0.4 is 10.1 Å². The van der Waals surface area contributed by atoms with Gasteiger partial charge in [-0.15, -0.1) is 0 Å². The van der Waals surface area contributed by atoms with E-state index < -0.39 is 0 Å². The summed E-state index contributed by atoms with van der Waals surface area (Å²) >= 11 is 0. The standard InChI is InChI=1S/C15H18N2O2/c18-11-10-16-9-7-13-4-3-5-14(12-13)19-15-6-1-2-8-17-15/h1-6,8,12,16,18H,7,9-11H2. The maximum atomic E-state index is 8.68. The Morgan fingerprint density at radius 3 is 2.84 bits per heavy atom. The van der Waals surface area contributed by atoms with Crippen molar-refractivity contribution in [3.05, 3.63) is 54.2 Å². The van der Waals surface area contributed by atoms with Gasteiger partial charge in [0.25, 0.3) is 0 Å². The van der Waals surface area contributed by atoms with E-state index in [1.807, 2.05) is 36.4 Å². The van der Waals surface area contributed by atoms with Crippen molar-refractivity contribution in [1.82, 2.24) is 10.3 Å². The van der Waals surface area contributed by atoms with Gasteiger partial charge in [-0.1, -0.05) is 18.2 Å². The van der Waals surface area contributed by atoms with E-state index in [9.17, 15) is 0 Å². The fraction of sp³-hybridized carbons (Fsp3) is 0.267. The lowest BCUT2D eigenvalue weighted by atomic mass is 10.1. The molecule has 1 aromatic heterocycles. The molecule has 0 aliphatic rings. The van der Waals surface area contributed by atoms with E-state index in [0.717, 1.165) is 18.7 Å². The van der Waals surface area contributed by atoms with Crippen LogP contribution >= 0.6 is 0 Å². The molecular weight excluding hydrogens is 240 g/mol. The molecule has 4 nitrogen and oxygen atoms in total. The maximum absolute atomic E-state index is 8.68. The van der Waals surface area contributed by atoms with E-state index in [2.05, 4.69) is 16.4 Å². The molecule has 100 valence electrons. The number of nitrogens with zero attached hydrogens (tertiary/aromatic N) is 1. The van der Waals surface area contributed by atoms with E-state index in [4.69, 9.17) is 9.84 Å². The summed E-state index contributed by atoms with van der Waals surface area (Å²) in [6, 6.07) is 13.5. The van der Waals surface area contributed by atoms with Crippen molar-refractivity contribution in [2.45, 2.75) is 6.42 Å². The van der Waals surface area contributed by atoms with Gasteiger partial charge in [0.2, 0.25) is 5.88 Å². The number of aliphatic hydroxyl groups excluding tert-OH is 1. The van der Waals surface area contributed by atoms with Crippen LogP contribution in [0.15, 0.2) is 48.7 Å². The fourth-order valence-electron chi connectivity index (χ4n) is 1.73. The summed E-state index contributed by atoms with van der Waals surface area (Å²) in [7, 11) is 0. The van der Waals surface area contributed by atoms with Crippen LogP contribution in [-0.4, -0.2) is 29.8 Å². The molecule has 0 spiro atoms. The third-order valence-corrected chi connectivity index (χ3v) is 2.64. The van der Waals surface area contributed by atoms with Crippen molar-refractivity contribution in [2.75, 3.05) is 19.7 Å². The Hall–Kier alpha value is -1.91. The third kappa shape index (κ3) is 4.69. The number of hydrogen-bond donors (Lipinski definition) is 2. The fourth-order valence-corrected chi connectivity index (χ4v) is 1.73. The SMILES string of the molecule is OCCNCCc1cccc(Oc2ccccn2)c1. The monoisotopic (exact) mass is 258 g/mol. The molecule has 0 saturated heterocycles.